The summed E-state index contributed by atoms with van der Waals surface area (Å²) in [6, 6.07) is 0. The zero-order valence-electron chi connectivity index (χ0n) is 11.9. The molecule has 3 heteroatoms. The molecule has 0 aliphatic heterocycles. The van der Waals surface area contributed by atoms with E-state index in [1.54, 1.807) is 0 Å². The van der Waals surface area contributed by atoms with E-state index in [-0.39, 0.29) is 5.97 Å². The van der Waals surface area contributed by atoms with Crippen LogP contribution in [0.4, 0.5) is 0 Å². The van der Waals surface area contributed by atoms with Crippen molar-refractivity contribution in [3.63, 3.8) is 0 Å². The van der Waals surface area contributed by atoms with Crippen molar-refractivity contribution in [1.29, 1.82) is 0 Å². The summed E-state index contributed by atoms with van der Waals surface area (Å²) in [6.45, 7) is 10.7. The fourth-order valence-electron chi connectivity index (χ4n) is 1.61. The molecular weight excluding hydrogens is 214 g/mol. The number of carbonyl (C=O) groups is 1. The normalized spacial score (nSPS) is 12.9. The molecule has 0 spiro atoms. The van der Waals surface area contributed by atoms with Gasteiger partial charge >= 0.3 is 5.97 Å². The molecule has 100 valence electrons. The van der Waals surface area contributed by atoms with Crippen molar-refractivity contribution in [3.8, 4) is 0 Å². The Morgan fingerprint density at radius 1 is 1.18 bits per heavy atom. The van der Waals surface area contributed by atoms with Crippen LogP contribution in [0, 0.1) is 11.8 Å². The van der Waals surface area contributed by atoms with Gasteiger partial charge in [-0.15, -0.1) is 0 Å². The highest BCUT2D eigenvalue weighted by Gasteiger charge is 2.16. The molecule has 2 N–H and O–H groups in total. The van der Waals surface area contributed by atoms with E-state index in [0.717, 1.165) is 19.3 Å². The third-order valence-corrected chi connectivity index (χ3v) is 2.51. The van der Waals surface area contributed by atoms with E-state index in [9.17, 15) is 4.79 Å². The molecule has 0 unspecified atom stereocenters. The van der Waals surface area contributed by atoms with Gasteiger partial charge in [-0.1, -0.05) is 27.7 Å². The summed E-state index contributed by atoms with van der Waals surface area (Å²) in [4.78, 5) is 11.8. The van der Waals surface area contributed by atoms with Crippen LogP contribution >= 0.6 is 0 Å². The van der Waals surface area contributed by atoms with Crippen molar-refractivity contribution >= 4 is 5.97 Å². The molecule has 3 nitrogen and oxygen atoms in total. The molecule has 0 saturated heterocycles. The van der Waals surface area contributed by atoms with Crippen molar-refractivity contribution in [2.24, 2.45) is 17.6 Å². The zero-order valence-corrected chi connectivity index (χ0v) is 11.9. The Labute approximate surface area is 105 Å². The summed E-state index contributed by atoms with van der Waals surface area (Å²) >= 11 is 0. The molecule has 0 aromatic carbocycles. The lowest BCUT2D eigenvalue weighted by Crippen LogP contribution is -2.16. The zero-order chi connectivity index (χ0) is 13.4. The summed E-state index contributed by atoms with van der Waals surface area (Å²) in [6.07, 6.45) is 2.44. The second-order valence-corrected chi connectivity index (χ2v) is 5.25. The van der Waals surface area contributed by atoms with Gasteiger partial charge in [-0.3, -0.25) is 0 Å². The Kier molecular flexibility index (Phi) is 7.68. The van der Waals surface area contributed by atoms with Crippen LogP contribution in [0.5, 0.6) is 0 Å². The molecule has 0 saturated carbocycles. The van der Waals surface area contributed by atoms with Crippen LogP contribution in [-0.2, 0) is 9.53 Å². The maximum atomic E-state index is 11.8. The smallest absolute Gasteiger partial charge is 0.335 e. The third kappa shape index (κ3) is 7.03. The summed E-state index contributed by atoms with van der Waals surface area (Å²) in [5.74, 6) is 0.774. The van der Waals surface area contributed by atoms with Crippen molar-refractivity contribution in [2.75, 3.05) is 6.61 Å². The molecule has 0 aromatic heterocycles. The average molecular weight is 241 g/mol. The third-order valence-electron chi connectivity index (χ3n) is 2.51. The summed E-state index contributed by atoms with van der Waals surface area (Å²) < 4.78 is 5.06. The van der Waals surface area contributed by atoms with Gasteiger partial charge in [-0.2, -0.15) is 0 Å². The van der Waals surface area contributed by atoms with Gasteiger partial charge in [-0.05, 0) is 38.0 Å². The van der Waals surface area contributed by atoms with E-state index >= 15 is 0 Å². The van der Waals surface area contributed by atoms with Gasteiger partial charge in [0.15, 0.2) is 0 Å². The fourth-order valence-corrected chi connectivity index (χ4v) is 1.61. The molecule has 0 bridgehead atoms. The van der Waals surface area contributed by atoms with Gasteiger partial charge in [-0.25, -0.2) is 4.79 Å². The minimum absolute atomic E-state index is 0.244. The molecule has 0 atom stereocenters. The molecule has 0 heterocycles. The van der Waals surface area contributed by atoms with E-state index in [4.69, 9.17) is 10.5 Å². The topological polar surface area (TPSA) is 52.3 Å². The Bertz CT molecular complexity index is 267. The lowest BCUT2D eigenvalue weighted by molar-refractivity contribution is -0.138. The van der Waals surface area contributed by atoms with E-state index in [2.05, 4.69) is 27.7 Å². The van der Waals surface area contributed by atoms with Gasteiger partial charge < -0.3 is 10.5 Å². The Morgan fingerprint density at radius 2 is 1.76 bits per heavy atom. The number of hydrogen-bond acceptors (Lipinski definition) is 3. The largest absolute Gasteiger partial charge is 0.463 e. The van der Waals surface area contributed by atoms with E-state index in [1.165, 1.54) is 0 Å². The quantitative estimate of drug-likeness (QED) is 0.550. The number of hydrogen-bond donors (Lipinski definition) is 1. The van der Waals surface area contributed by atoms with Crippen LogP contribution < -0.4 is 5.73 Å². The first-order valence-corrected chi connectivity index (χ1v) is 6.53. The molecule has 0 aliphatic rings. The summed E-state index contributed by atoms with van der Waals surface area (Å²) in [7, 11) is 0. The van der Waals surface area contributed by atoms with Crippen LogP contribution in [0.15, 0.2) is 11.3 Å². The number of carbonyl (C=O) groups excluding carboxylic acids is 1. The number of ether oxygens (including phenoxy) is 1. The van der Waals surface area contributed by atoms with Crippen LogP contribution in [-0.4, -0.2) is 12.6 Å². The number of allylic oxidation sites excluding steroid dienone is 1. The van der Waals surface area contributed by atoms with Gasteiger partial charge in [0.25, 0.3) is 0 Å². The van der Waals surface area contributed by atoms with Crippen LogP contribution in [0.2, 0.25) is 0 Å². The Balaban J connectivity index is 4.75. The molecule has 0 aromatic rings. The standard InChI is InChI=1S/C14H27NO2/c1-6-17-14(16)12(8-7-10(2)3)13(15)9-11(4)5/h10-11H,6-9,15H2,1-5H3/b13-12+. The lowest BCUT2D eigenvalue weighted by Gasteiger charge is -2.14. The first kappa shape index (κ1) is 16.0. The highest BCUT2D eigenvalue weighted by molar-refractivity contribution is 5.89. The monoisotopic (exact) mass is 241 g/mol. The minimum atomic E-state index is -0.244. The van der Waals surface area contributed by atoms with E-state index < -0.39 is 0 Å². The molecule has 0 rings (SSSR count). The number of rotatable bonds is 7. The van der Waals surface area contributed by atoms with Gasteiger partial charge in [0, 0.05) is 5.70 Å². The van der Waals surface area contributed by atoms with E-state index in [0.29, 0.717) is 29.7 Å². The van der Waals surface area contributed by atoms with Crippen molar-refractivity contribution < 1.29 is 9.53 Å². The predicted molar refractivity (Wildman–Crippen MR) is 71.4 cm³/mol. The van der Waals surface area contributed by atoms with Gasteiger partial charge in [0.05, 0.1) is 12.2 Å². The Morgan fingerprint density at radius 3 is 2.18 bits per heavy atom. The number of nitrogens with two attached hydrogens (primary N) is 1. The second-order valence-electron chi connectivity index (χ2n) is 5.25. The maximum Gasteiger partial charge on any atom is 0.335 e. The molecule has 0 fully saturated rings. The van der Waals surface area contributed by atoms with Gasteiger partial charge in [0.1, 0.15) is 0 Å². The molecule has 0 amide bonds. The first-order valence-electron chi connectivity index (χ1n) is 6.53. The Hall–Kier alpha value is -0.990. The predicted octanol–water partition coefficient (Wildman–Crippen LogP) is 3.24. The van der Waals surface area contributed by atoms with Crippen LogP contribution in [0.25, 0.3) is 0 Å². The van der Waals surface area contributed by atoms with Crippen molar-refractivity contribution in [3.05, 3.63) is 11.3 Å². The fraction of sp³-hybridized carbons (Fsp3) is 0.786. The molecule has 0 radical (unpaired) electrons. The molecule has 0 aliphatic carbocycles. The van der Waals surface area contributed by atoms with Crippen molar-refractivity contribution in [1.82, 2.24) is 0 Å². The maximum absolute atomic E-state index is 11.8. The van der Waals surface area contributed by atoms with Crippen LogP contribution in [0.1, 0.15) is 53.9 Å². The summed E-state index contributed by atoms with van der Waals surface area (Å²) in [5, 5.41) is 0. The molecular formula is C14H27NO2. The van der Waals surface area contributed by atoms with E-state index in [1.807, 2.05) is 6.92 Å². The highest BCUT2D eigenvalue weighted by atomic mass is 16.5. The number of esters is 1. The first-order chi connectivity index (χ1) is 7.88. The van der Waals surface area contributed by atoms with Crippen molar-refractivity contribution in [2.45, 2.75) is 53.9 Å². The van der Waals surface area contributed by atoms with Crippen LogP contribution in [0.3, 0.4) is 0 Å². The SMILES string of the molecule is CCOC(=O)/C(CCC(C)C)=C(/N)CC(C)C. The average Bonchev–Trinajstić information content (AvgIpc) is 2.16. The summed E-state index contributed by atoms with van der Waals surface area (Å²) in [5.41, 5.74) is 7.38. The second kappa shape index (κ2) is 8.15. The van der Waals surface area contributed by atoms with Gasteiger partial charge in [0.2, 0.25) is 0 Å². The minimum Gasteiger partial charge on any atom is -0.463 e. The highest BCUT2D eigenvalue weighted by Crippen LogP contribution is 2.18. The lowest BCUT2D eigenvalue weighted by atomic mass is 9.98. The molecule has 17 heavy (non-hydrogen) atoms.